The average Bonchev–Trinajstić information content (AvgIpc) is 2.04. The molecular formula is C12H27NOSi2. The van der Waals surface area contributed by atoms with Crippen LogP contribution in [0.15, 0.2) is 0 Å². The van der Waals surface area contributed by atoms with Crippen LogP contribution in [0.1, 0.15) is 12.8 Å². The second kappa shape index (κ2) is 4.39. The number of hydrogen-bond donors (Lipinski definition) is 0. The van der Waals surface area contributed by atoms with Crippen molar-refractivity contribution in [3.8, 4) is 0 Å². The lowest BCUT2D eigenvalue weighted by atomic mass is 10.1. The van der Waals surface area contributed by atoms with Crippen molar-refractivity contribution in [3.05, 3.63) is 0 Å². The Hall–Kier alpha value is 0.0638. The molecule has 0 aliphatic carbocycles. The zero-order valence-electron chi connectivity index (χ0n) is 11.9. The molecular weight excluding hydrogens is 230 g/mol. The van der Waals surface area contributed by atoms with Gasteiger partial charge in [-0.2, -0.15) is 0 Å². The summed E-state index contributed by atoms with van der Waals surface area (Å²) in [5, 5.41) is 0. The molecule has 4 heteroatoms. The monoisotopic (exact) mass is 257 g/mol. The first-order valence-corrected chi connectivity index (χ1v) is 13.4. The van der Waals surface area contributed by atoms with Crippen molar-refractivity contribution < 1.29 is 4.79 Å². The Kier molecular flexibility index (Phi) is 3.87. The third kappa shape index (κ3) is 3.05. The first-order chi connectivity index (χ1) is 7.03. The minimum absolute atomic E-state index is 0.498. The van der Waals surface area contributed by atoms with E-state index in [1.165, 1.54) is 0 Å². The fourth-order valence-electron chi connectivity index (χ4n) is 2.85. The van der Waals surface area contributed by atoms with E-state index in [0.717, 1.165) is 12.8 Å². The van der Waals surface area contributed by atoms with Gasteiger partial charge < -0.3 is 4.90 Å². The van der Waals surface area contributed by atoms with E-state index in [1.54, 1.807) is 0 Å². The smallest absolute Gasteiger partial charge is 0.135 e. The Balaban J connectivity index is 2.95. The van der Waals surface area contributed by atoms with Crippen LogP contribution in [0.2, 0.25) is 39.3 Å². The minimum atomic E-state index is -1.25. The Morgan fingerprint density at radius 1 is 0.938 bits per heavy atom. The van der Waals surface area contributed by atoms with Gasteiger partial charge in [-0.25, -0.2) is 0 Å². The molecule has 0 spiro atoms. The Morgan fingerprint density at radius 2 is 1.25 bits per heavy atom. The summed E-state index contributed by atoms with van der Waals surface area (Å²) in [6, 6.07) is 0. The van der Waals surface area contributed by atoms with Gasteiger partial charge in [-0.15, -0.1) is 0 Å². The Labute approximate surface area is 102 Å². The highest BCUT2D eigenvalue weighted by molar-refractivity contribution is 6.79. The van der Waals surface area contributed by atoms with Crippen molar-refractivity contribution >= 4 is 21.9 Å². The number of piperidine rings is 1. The zero-order valence-corrected chi connectivity index (χ0v) is 13.9. The van der Waals surface area contributed by atoms with Crippen molar-refractivity contribution in [2.24, 2.45) is 0 Å². The van der Waals surface area contributed by atoms with Gasteiger partial charge in [0.15, 0.2) is 0 Å². The number of rotatable bonds is 2. The number of nitrogens with zero attached hydrogens (tertiary/aromatic N) is 1. The number of ketones is 1. The van der Waals surface area contributed by atoms with E-state index in [1.807, 2.05) is 0 Å². The quantitative estimate of drug-likeness (QED) is 0.709. The molecule has 2 unspecified atom stereocenters. The fourth-order valence-corrected chi connectivity index (χ4v) is 7.49. The summed E-state index contributed by atoms with van der Waals surface area (Å²) < 4.78 is 0. The molecule has 1 fully saturated rings. The van der Waals surface area contributed by atoms with Crippen LogP contribution in [-0.2, 0) is 4.79 Å². The minimum Gasteiger partial charge on any atom is -0.305 e. The fraction of sp³-hybridized carbons (Fsp3) is 0.917. The molecule has 0 saturated carbocycles. The van der Waals surface area contributed by atoms with Crippen molar-refractivity contribution in [1.29, 1.82) is 0 Å². The number of carbonyl (C=O) groups excluding carboxylic acids is 1. The third-order valence-electron chi connectivity index (χ3n) is 3.82. The van der Waals surface area contributed by atoms with E-state index in [4.69, 9.17) is 0 Å². The van der Waals surface area contributed by atoms with Crippen molar-refractivity contribution in [1.82, 2.24) is 4.90 Å². The first kappa shape index (κ1) is 14.1. The lowest BCUT2D eigenvalue weighted by Gasteiger charge is -2.48. The normalized spacial score (nSPS) is 29.6. The molecule has 1 heterocycles. The summed E-state index contributed by atoms with van der Waals surface area (Å²) in [4.78, 5) is 14.5. The van der Waals surface area contributed by atoms with Gasteiger partial charge in [0.25, 0.3) is 0 Å². The number of carbonyl (C=O) groups is 1. The van der Waals surface area contributed by atoms with E-state index >= 15 is 0 Å². The maximum atomic E-state index is 11.9. The highest BCUT2D eigenvalue weighted by atomic mass is 28.3. The summed E-state index contributed by atoms with van der Waals surface area (Å²) in [5.41, 5.74) is 1.09. The molecule has 94 valence electrons. The standard InChI is InChI=1S/C12H27NOSi2/c1-13-11(15(2,3)4)8-10(14)9-12(13)16(5,6)7/h11-12H,8-9H2,1-7H3. The topological polar surface area (TPSA) is 20.3 Å². The van der Waals surface area contributed by atoms with Gasteiger partial charge in [-0.1, -0.05) is 39.3 Å². The van der Waals surface area contributed by atoms with Gasteiger partial charge in [0, 0.05) is 24.2 Å². The maximum Gasteiger partial charge on any atom is 0.135 e. The van der Waals surface area contributed by atoms with Crippen LogP contribution in [0, 0.1) is 0 Å². The molecule has 1 aliphatic rings. The Morgan fingerprint density at radius 3 is 1.50 bits per heavy atom. The lowest BCUT2D eigenvalue weighted by Crippen LogP contribution is -2.63. The SMILES string of the molecule is CN1C([Si](C)(C)C)CC(=O)CC1[Si](C)(C)C. The molecule has 0 bridgehead atoms. The molecule has 16 heavy (non-hydrogen) atoms. The maximum absolute atomic E-state index is 11.9. The molecule has 0 aromatic heterocycles. The summed E-state index contributed by atoms with van der Waals surface area (Å²) in [6.45, 7) is 14.3. The molecule has 1 rings (SSSR count). The molecule has 2 nitrogen and oxygen atoms in total. The van der Waals surface area contributed by atoms with Crippen LogP contribution < -0.4 is 0 Å². The van der Waals surface area contributed by atoms with E-state index in [-0.39, 0.29) is 0 Å². The molecule has 0 N–H and O–H groups in total. The zero-order chi connectivity index (χ0) is 12.7. The predicted octanol–water partition coefficient (Wildman–Crippen LogP) is 2.77. The van der Waals surface area contributed by atoms with Crippen LogP contribution in [0.25, 0.3) is 0 Å². The van der Waals surface area contributed by atoms with Gasteiger partial charge in [0.1, 0.15) is 5.78 Å². The number of Topliss-reactive ketones (excluding diaryl/α,β-unsaturated/α-hetero) is 1. The second-order valence-corrected chi connectivity index (χ2v) is 18.2. The van der Waals surface area contributed by atoms with Gasteiger partial charge in [0.05, 0.1) is 16.1 Å². The van der Waals surface area contributed by atoms with Crippen molar-refractivity contribution in [3.63, 3.8) is 0 Å². The van der Waals surface area contributed by atoms with Crippen molar-refractivity contribution in [2.45, 2.75) is 63.5 Å². The average molecular weight is 258 g/mol. The van der Waals surface area contributed by atoms with Crippen LogP contribution in [0.3, 0.4) is 0 Å². The number of likely N-dealkylation sites (tertiary alicyclic amines) is 1. The van der Waals surface area contributed by atoms with Crippen LogP contribution in [0.4, 0.5) is 0 Å². The van der Waals surface area contributed by atoms with E-state index in [9.17, 15) is 4.79 Å². The summed E-state index contributed by atoms with van der Waals surface area (Å²) in [5.74, 6) is 0.498. The second-order valence-electron chi connectivity index (χ2n) is 7.38. The molecule has 1 saturated heterocycles. The molecule has 0 aromatic carbocycles. The molecule has 2 atom stereocenters. The highest BCUT2D eigenvalue weighted by Crippen LogP contribution is 2.30. The van der Waals surface area contributed by atoms with Gasteiger partial charge >= 0.3 is 0 Å². The highest BCUT2D eigenvalue weighted by Gasteiger charge is 2.43. The van der Waals surface area contributed by atoms with Crippen molar-refractivity contribution in [2.75, 3.05) is 7.05 Å². The number of hydrogen-bond acceptors (Lipinski definition) is 2. The molecule has 0 amide bonds. The van der Waals surface area contributed by atoms with Gasteiger partial charge in [-0.3, -0.25) is 4.79 Å². The summed E-state index contributed by atoms with van der Waals surface area (Å²) >= 11 is 0. The predicted molar refractivity (Wildman–Crippen MR) is 76.3 cm³/mol. The molecule has 1 aliphatic heterocycles. The van der Waals surface area contributed by atoms with Crippen LogP contribution in [-0.4, -0.2) is 45.2 Å². The van der Waals surface area contributed by atoms with Crippen LogP contribution in [0.5, 0.6) is 0 Å². The third-order valence-corrected chi connectivity index (χ3v) is 9.05. The summed E-state index contributed by atoms with van der Waals surface area (Å²) in [7, 11) is -0.261. The van der Waals surface area contributed by atoms with Gasteiger partial charge in [-0.05, 0) is 7.05 Å². The van der Waals surface area contributed by atoms with E-state index < -0.39 is 16.1 Å². The molecule has 0 radical (unpaired) electrons. The molecule has 0 aromatic rings. The lowest BCUT2D eigenvalue weighted by molar-refractivity contribution is -0.122. The van der Waals surface area contributed by atoms with Crippen LogP contribution >= 0.6 is 0 Å². The largest absolute Gasteiger partial charge is 0.305 e. The summed E-state index contributed by atoms with van der Waals surface area (Å²) in [6.07, 6.45) is 1.60. The first-order valence-electron chi connectivity index (χ1n) is 6.27. The van der Waals surface area contributed by atoms with E-state index in [2.05, 4.69) is 51.2 Å². The van der Waals surface area contributed by atoms with E-state index in [0.29, 0.717) is 17.1 Å². The van der Waals surface area contributed by atoms with Gasteiger partial charge in [0.2, 0.25) is 0 Å². The Bertz CT molecular complexity index is 252.